The first-order valence-electron chi connectivity index (χ1n) is 6.91. The molecule has 0 saturated heterocycles. The van der Waals surface area contributed by atoms with Gasteiger partial charge in [0.1, 0.15) is 5.69 Å². The zero-order chi connectivity index (χ0) is 16.0. The number of aromatic nitrogens is 1. The van der Waals surface area contributed by atoms with E-state index in [1.807, 2.05) is 20.8 Å². The van der Waals surface area contributed by atoms with Crippen molar-refractivity contribution in [2.45, 2.75) is 32.7 Å². The van der Waals surface area contributed by atoms with Crippen LogP contribution in [0.4, 0.5) is 5.69 Å². The second-order valence-electron chi connectivity index (χ2n) is 6.10. The van der Waals surface area contributed by atoms with Gasteiger partial charge in [0.05, 0.1) is 0 Å². The summed E-state index contributed by atoms with van der Waals surface area (Å²) >= 11 is 0. The summed E-state index contributed by atoms with van der Waals surface area (Å²) in [6.07, 6.45) is 1.95. The third-order valence-corrected chi connectivity index (χ3v) is 2.58. The number of carbonyl (C=O) groups excluding carboxylic acids is 2. The highest BCUT2D eigenvalue weighted by atomic mass is 16.2. The first-order valence-corrected chi connectivity index (χ1v) is 6.91. The number of carbonyl (C=O) groups is 2. The molecule has 0 fully saturated rings. The van der Waals surface area contributed by atoms with Gasteiger partial charge in [0.25, 0.3) is 5.91 Å². The van der Waals surface area contributed by atoms with Gasteiger partial charge >= 0.3 is 0 Å². The summed E-state index contributed by atoms with van der Waals surface area (Å²) < 4.78 is 0. The second-order valence-corrected chi connectivity index (χ2v) is 6.10. The molecule has 2 N–H and O–H groups in total. The average molecular weight is 292 g/mol. The first kappa shape index (κ1) is 16.9. The van der Waals surface area contributed by atoms with E-state index in [1.54, 1.807) is 32.4 Å². The number of hydrogen-bond donors (Lipinski definition) is 2. The van der Waals surface area contributed by atoms with Crippen LogP contribution < -0.4 is 10.6 Å². The van der Waals surface area contributed by atoms with Gasteiger partial charge < -0.3 is 15.5 Å². The van der Waals surface area contributed by atoms with Crippen molar-refractivity contribution in [3.8, 4) is 0 Å². The van der Waals surface area contributed by atoms with Crippen LogP contribution >= 0.6 is 0 Å². The Hall–Kier alpha value is -2.11. The van der Waals surface area contributed by atoms with Crippen LogP contribution in [-0.2, 0) is 4.79 Å². The van der Waals surface area contributed by atoms with E-state index >= 15 is 0 Å². The first-order chi connectivity index (χ1) is 9.69. The Morgan fingerprint density at radius 1 is 1.29 bits per heavy atom. The van der Waals surface area contributed by atoms with E-state index in [9.17, 15) is 9.59 Å². The molecule has 0 aromatic carbocycles. The lowest BCUT2D eigenvalue weighted by atomic mass is 10.1. The standard InChI is InChI=1S/C15H24N4O2/c1-15(2,3)18-13(20)7-9-16-11-6-8-17-12(10-11)14(21)19(4)5/h6,8,10H,7,9H2,1-5H3,(H,16,17)(H,18,20). The van der Waals surface area contributed by atoms with E-state index < -0.39 is 0 Å². The van der Waals surface area contributed by atoms with E-state index in [0.717, 1.165) is 5.69 Å². The molecule has 2 amide bonds. The lowest BCUT2D eigenvalue weighted by molar-refractivity contribution is -0.122. The number of amides is 2. The van der Waals surface area contributed by atoms with E-state index in [-0.39, 0.29) is 17.4 Å². The fourth-order valence-corrected chi connectivity index (χ4v) is 1.69. The smallest absolute Gasteiger partial charge is 0.272 e. The van der Waals surface area contributed by atoms with Crippen LogP contribution in [0, 0.1) is 0 Å². The van der Waals surface area contributed by atoms with Crippen molar-refractivity contribution in [3.63, 3.8) is 0 Å². The van der Waals surface area contributed by atoms with Crippen LogP contribution in [0.3, 0.4) is 0 Å². The van der Waals surface area contributed by atoms with Gasteiger partial charge in [-0.25, -0.2) is 0 Å². The Morgan fingerprint density at radius 3 is 2.52 bits per heavy atom. The zero-order valence-electron chi connectivity index (χ0n) is 13.4. The number of nitrogens with zero attached hydrogens (tertiary/aromatic N) is 2. The molecule has 6 nitrogen and oxygen atoms in total. The molecule has 0 bridgehead atoms. The maximum Gasteiger partial charge on any atom is 0.272 e. The van der Waals surface area contributed by atoms with E-state index in [2.05, 4.69) is 15.6 Å². The van der Waals surface area contributed by atoms with Crippen molar-refractivity contribution in [1.82, 2.24) is 15.2 Å². The Labute approximate surface area is 125 Å². The summed E-state index contributed by atoms with van der Waals surface area (Å²) in [6.45, 7) is 6.34. The minimum atomic E-state index is -0.223. The number of nitrogens with one attached hydrogen (secondary N) is 2. The molecule has 1 aromatic heterocycles. The summed E-state index contributed by atoms with van der Waals surface area (Å²) in [5, 5.41) is 6.02. The highest BCUT2D eigenvalue weighted by Gasteiger charge is 2.13. The van der Waals surface area contributed by atoms with Crippen molar-refractivity contribution >= 4 is 17.5 Å². The normalized spacial score (nSPS) is 10.9. The van der Waals surface area contributed by atoms with Crippen molar-refractivity contribution in [3.05, 3.63) is 24.0 Å². The molecular weight excluding hydrogens is 268 g/mol. The molecule has 0 radical (unpaired) electrons. The summed E-state index contributed by atoms with van der Waals surface area (Å²) in [7, 11) is 3.36. The lowest BCUT2D eigenvalue weighted by Crippen LogP contribution is -2.41. The molecule has 1 aromatic rings. The third-order valence-electron chi connectivity index (χ3n) is 2.58. The second kappa shape index (κ2) is 7.06. The minimum absolute atomic E-state index is 0.00588. The summed E-state index contributed by atoms with van der Waals surface area (Å²) in [5.41, 5.74) is 0.932. The molecule has 0 aliphatic rings. The van der Waals surface area contributed by atoms with Gasteiger partial charge in [0, 0.05) is 44.5 Å². The van der Waals surface area contributed by atoms with Crippen LogP contribution in [0.5, 0.6) is 0 Å². The number of anilines is 1. The number of pyridine rings is 1. The van der Waals surface area contributed by atoms with Crippen LogP contribution in [0.25, 0.3) is 0 Å². The molecule has 0 aliphatic carbocycles. The van der Waals surface area contributed by atoms with Gasteiger partial charge in [-0.3, -0.25) is 14.6 Å². The van der Waals surface area contributed by atoms with Crippen molar-refractivity contribution in [2.75, 3.05) is 26.0 Å². The molecule has 0 unspecified atom stereocenters. The van der Waals surface area contributed by atoms with Gasteiger partial charge in [-0.05, 0) is 32.9 Å². The SMILES string of the molecule is CN(C)C(=O)c1cc(NCCC(=O)NC(C)(C)C)ccn1. The average Bonchev–Trinajstić information content (AvgIpc) is 2.36. The van der Waals surface area contributed by atoms with Crippen molar-refractivity contribution < 1.29 is 9.59 Å². The van der Waals surface area contributed by atoms with E-state index in [4.69, 9.17) is 0 Å². The van der Waals surface area contributed by atoms with Gasteiger partial charge in [0.2, 0.25) is 5.91 Å². The molecule has 1 heterocycles. The zero-order valence-corrected chi connectivity index (χ0v) is 13.4. The minimum Gasteiger partial charge on any atom is -0.384 e. The van der Waals surface area contributed by atoms with Crippen LogP contribution in [0.2, 0.25) is 0 Å². The Kier molecular flexibility index (Phi) is 5.69. The quantitative estimate of drug-likeness (QED) is 0.862. The Bertz CT molecular complexity index is 507. The Morgan fingerprint density at radius 2 is 1.95 bits per heavy atom. The number of hydrogen-bond acceptors (Lipinski definition) is 4. The maximum atomic E-state index is 11.8. The van der Waals surface area contributed by atoms with Crippen LogP contribution in [0.1, 0.15) is 37.7 Å². The lowest BCUT2D eigenvalue weighted by Gasteiger charge is -2.20. The number of rotatable bonds is 5. The molecule has 0 saturated carbocycles. The Balaban J connectivity index is 2.51. The highest BCUT2D eigenvalue weighted by molar-refractivity contribution is 5.92. The molecule has 1 rings (SSSR count). The van der Waals surface area contributed by atoms with E-state index in [0.29, 0.717) is 18.7 Å². The molecule has 0 aliphatic heterocycles. The molecular formula is C15H24N4O2. The fourth-order valence-electron chi connectivity index (χ4n) is 1.69. The highest BCUT2D eigenvalue weighted by Crippen LogP contribution is 2.09. The van der Waals surface area contributed by atoms with Gasteiger partial charge in [-0.2, -0.15) is 0 Å². The molecule has 0 spiro atoms. The largest absolute Gasteiger partial charge is 0.384 e. The predicted octanol–water partition coefficient (Wildman–Crippen LogP) is 1.50. The van der Waals surface area contributed by atoms with Crippen molar-refractivity contribution in [1.29, 1.82) is 0 Å². The van der Waals surface area contributed by atoms with Gasteiger partial charge in [0.15, 0.2) is 0 Å². The van der Waals surface area contributed by atoms with E-state index in [1.165, 1.54) is 4.90 Å². The molecule has 0 atom stereocenters. The predicted molar refractivity (Wildman–Crippen MR) is 83.3 cm³/mol. The fraction of sp³-hybridized carbons (Fsp3) is 0.533. The summed E-state index contributed by atoms with van der Waals surface area (Å²) in [6, 6.07) is 3.46. The maximum absolute atomic E-state index is 11.8. The third kappa shape index (κ3) is 6.25. The molecule has 21 heavy (non-hydrogen) atoms. The van der Waals surface area contributed by atoms with Crippen LogP contribution in [0.15, 0.2) is 18.3 Å². The van der Waals surface area contributed by atoms with Crippen LogP contribution in [-0.4, -0.2) is 47.9 Å². The molecule has 116 valence electrons. The monoisotopic (exact) mass is 292 g/mol. The topological polar surface area (TPSA) is 74.3 Å². The van der Waals surface area contributed by atoms with Gasteiger partial charge in [-0.1, -0.05) is 0 Å². The van der Waals surface area contributed by atoms with Crippen molar-refractivity contribution in [2.24, 2.45) is 0 Å². The summed E-state index contributed by atoms with van der Waals surface area (Å²) in [4.78, 5) is 29.0. The van der Waals surface area contributed by atoms with Gasteiger partial charge in [-0.15, -0.1) is 0 Å². The molecule has 6 heteroatoms. The summed E-state index contributed by atoms with van der Waals surface area (Å²) in [5.74, 6) is -0.155.